The van der Waals surface area contributed by atoms with Crippen LogP contribution in [0.5, 0.6) is 11.5 Å². The van der Waals surface area contributed by atoms with E-state index in [2.05, 4.69) is 10.5 Å². The smallest absolute Gasteiger partial charge is 0.282 e. The van der Waals surface area contributed by atoms with Gasteiger partial charge in [0.25, 0.3) is 17.2 Å². The van der Waals surface area contributed by atoms with E-state index in [0.717, 1.165) is 18.3 Å². The number of carbonyl (C=O) groups excluding carboxylic acids is 1. The normalized spacial score (nSPS) is 10.6. The Morgan fingerprint density at radius 1 is 1.48 bits per heavy atom. The maximum absolute atomic E-state index is 12.0. The number of nitro benzene ring substituents is 1. The van der Waals surface area contributed by atoms with E-state index in [0.29, 0.717) is 0 Å². The first-order valence-corrected chi connectivity index (χ1v) is 6.89. The summed E-state index contributed by atoms with van der Waals surface area (Å²) in [5.74, 6) is -1.16. The molecule has 0 radical (unpaired) electrons. The number of phenols is 1. The molecule has 10 heteroatoms. The lowest BCUT2D eigenvalue weighted by atomic mass is 10.1. The minimum atomic E-state index is -0.766. The third kappa shape index (κ3) is 3.80. The SMILES string of the molecule is COc1cc([N+](=O)[O-])c(/C=N\NC(=O)c2cccn(C)c2=O)cc1O. The molecule has 2 N–H and O–H groups in total. The molecule has 0 atom stereocenters. The Balaban J connectivity index is 2.26. The average molecular weight is 346 g/mol. The molecule has 1 amide bonds. The third-order valence-corrected chi connectivity index (χ3v) is 3.26. The zero-order chi connectivity index (χ0) is 18.6. The molecule has 1 heterocycles. The van der Waals surface area contributed by atoms with Crippen molar-refractivity contribution >= 4 is 17.8 Å². The maximum atomic E-state index is 12.0. The molecule has 0 aliphatic carbocycles. The molecule has 2 aromatic rings. The van der Waals surface area contributed by atoms with Gasteiger partial charge >= 0.3 is 0 Å². The molecule has 0 saturated carbocycles. The summed E-state index contributed by atoms with van der Waals surface area (Å²) in [6.07, 6.45) is 2.48. The molecule has 0 spiro atoms. The fraction of sp³-hybridized carbons (Fsp3) is 0.133. The number of pyridine rings is 1. The fourth-order valence-corrected chi connectivity index (χ4v) is 1.99. The predicted octanol–water partition coefficient (Wildman–Crippen LogP) is 0.772. The van der Waals surface area contributed by atoms with E-state index in [1.807, 2.05) is 0 Å². The zero-order valence-electron chi connectivity index (χ0n) is 13.3. The Hall–Kier alpha value is -3.69. The summed E-state index contributed by atoms with van der Waals surface area (Å²) in [7, 11) is 2.75. The van der Waals surface area contributed by atoms with E-state index in [1.165, 1.54) is 37.1 Å². The van der Waals surface area contributed by atoms with Crippen molar-refractivity contribution in [3.63, 3.8) is 0 Å². The topological polar surface area (TPSA) is 136 Å². The van der Waals surface area contributed by atoms with Crippen LogP contribution in [0.3, 0.4) is 0 Å². The fourth-order valence-electron chi connectivity index (χ4n) is 1.99. The Bertz CT molecular complexity index is 919. The van der Waals surface area contributed by atoms with Crippen LogP contribution in [0.2, 0.25) is 0 Å². The van der Waals surface area contributed by atoms with Crippen LogP contribution in [0.25, 0.3) is 0 Å². The molecule has 10 nitrogen and oxygen atoms in total. The number of aromatic hydroxyl groups is 1. The van der Waals surface area contributed by atoms with Crippen LogP contribution < -0.4 is 15.7 Å². The van der Waals surface area contributed by atoms with Crippen molar-refractivity contribution in [2.45, 2.75) is 0 Å². The van der Waals surface area contributed by atoms with E-state index in [4.69, 9.17) is 4.74 Å². The van der Waals surface area contributed by atoms with Gasteiger partial charge in [-0.05, 0) is 18.2 Å². The monoisotopic (exact) mass is 346 g/mol. The maximum Gasteiger partial charge on any atom is 0.282 e. The molecular formula is C15H14N4O6. The number of carbonyl (C=O) groups is 1. The van der Waals surface area contributed by atoms with Crippen molar-refractivity contribution in [1.29, 1.82) is 0 Å². The molecule has 0 aliphatic heterocycles. The highest BCUT2D eigenvalue weighted by Gasteiger charge is 2.17. The van der Waals surface area contributed by atoms with Gasteiger partial charge in [0, 0.05) is 13.2 Å². The van der Waals surface area contributed by atoms with Gasteiger partial charge in [-0.1, -0.05) is 0 Å². The number of nitro groups is 1. The van der Waals surface area contributed by atoms with Gasteiger partial charge in [-0.2, -0.15) is 5.10 Å². The van der Waals surface area contributed by atoms with Gasteiger partial charge in [-0.3, -0.25) is 19.7 Å². The van der Waals surface area contributed by atoms with Crippen LogP contribution in [0.1, 0.15) is 15.9 Å². The second kappa shape index (κ2) is 7.25. The third-order valence-electron chi connectivity index (χ3n) is 3.26. The number of aromatic nitrogens is 1. The summed E-state index contributed by atoms with van der Waals surface area (Å²) in [4.78, 5) is 34.2. The number of nitrogens with zero attached hydrogens (tertiary/aromatic N) is 3. The van der Waals surface area contributed by atoms with Gasteiger partial charge in [0.2, 0.25) is 0 Å². The van der Waals surface area contributed by atoms with E-state index in [9.17, 15) is 24.8 Å². The number of methoxy groups -OCH3 is 1. The largest absolute Gasteiger partial charge is 0.504 e. The number of phenolic OH excluding ortho intramolecular Hbond substituents is 1. The molecule has 2 rings (SSSR count). The number of nitrogens with one attached hydrogen (secondary N) is 1. The van der Waals surface area contributed by atoms with Crippen molar-refractivity contribution in [2.75, 3.05) is 7.11 Å². The second-order valence-corrected chi connectivity index (χ2v) is 4.88. The van der Waals surface area contributed by atoms with Gasteiger partial charge in [0.05, 0.1) is 29.9 Å². The van der Waals surface area contributed by atoms with Crippen LogP contribution in [0.4, 0.5) is 5.69 Å². The van der Waals surface area contributed by atoms with Gasteiger partial charge in [-0.25, -0.2) is 5.43 Å². The summed E-state index contributed by atoms with van der Waals surface area (Å²) in [6, 6.07) is 4.96. The first kappa shape index (κ1) is 17.7. The van der Waals surface area contributed by atoms with Crippen LogP contribution in [-0.2, 0) is 7.05 Å². The number of hydrazone groups is 1. The summed E-state index contributed by atoms with van der Waals surface area (Å²) < 4.78 is 6.04. The number of hydrogen-bond acceptors (Lipinski definition) is 7. The summed E-state index contributed by atoms with van der Waals surface area (Å²) in [5.41, 5.74) is 1.05. The highest BCUT2D eigenvalue weighted by atomic mass is 16.6. The van der Waals surface area contributed by atoms with E-state index >= 15 is 0 Å². The Kier molecular flexibility index (Phi) is 5.12. The number of hydrogen-bond donors (Lipinski definition) is 2. The van der Waals surface area contributed by atoms with Gasteiger partial charge in [0.1, 0.15) is 5.56 Å². The standard InChI is InChI=1S/C15H14N4O6/c1-18-5-3-4-10(15(18)22)14(21)17-16-8-9-6-12(20)13(25-2)7-11(9)19(23)24/h3-8,20H,1-2H3,(H,17,21)/b16-8-. The quantitative estimate of drug-likeness (QED) is 0.466. The van der Waals surface area contributed by atoms with Crippen molar-refractivity contribution in [3.05, 3.63) is 62.1 Å². The van der Waals surface area contributed by atoms with Crippen molar-refractivity contribution in [3.8, 4) is 11.5 Å². The average Bonchev–Trinajstić information content (AvgIpc) is 2.57. The zero-order valence-corrected chi connectivity index (χ0v) is 13.3. The molecule has 1 aromatic heterocycles. The van der Waals surface area contributed by atoms with Crippen LogP contribution >= 0.6 is 0 Å². The Labute approximate surface area is 141 Å². The van der Waals surface area contributed by atoms with Gasteiger partial charge < -0.3 is 14.4 Å². The van der Waals surface area contributed by atoms with Crippen LogP contribution in [0, 0.1) is 10.1 Å². The van der Waals surface area contributed by atoms with E-state index < -0.39 is 16.4 Å². The number of benzene rings is 1. The van der Waals surface area contributed by atoms with Gasteiger partial charge in [-0.15, -0.1) is 0 Å². The Morgan fingerprint density at radius 2 is 2.20 bits per heavy atom. The van der Waals surface area contributed by atoms with Gasteiger partial charge in [0.15, 0.2) is 11.5 Å². The molecule has 0 unspecified atom stereocenters. The van der Waals surface area contributed by atoms with Crippen molar-refractivity contribution in [2.24, 2.45) is 12.1 Å². The predicted molar refractivity (Wildman–Crippen MR) is 88.1 cm³/mol. The lowest BCUT2D eigenvalue weighted by Gasteiger charge is -2.05. The molecule has 0 fully saturated rings. The molecule has 130 valence electrons. The van der Waals surface area contributed by atoms with E-state index in [-0.39, 0.29) is 28.3 Å². The summed E-state index contributed by atoms with van der Waals surface area (Å²) >= 11 is 0. The molecule has 25 heavy (non-hydrogen) atoms. The first-order valence-electron chi connectivity index (χ1n) is 6.89. The summed E-state index contributed by atoms with van der Waals surface area (Å²) in [5, 5.41) is 24.4. The highest BCUT2D eigenvalue weighted by molar-refractivity contribution is 5.95. The molecule has 0 saturated heterocycles. The molecular weight excluding hydrogens is 332 g/mol. The number of amides is 1. The summed E-state index contributed by atoms with van der Waals surface area (Å²) in [6.45, 7) is 0. The number of ether oxygens (including phenoxy) is 1. The number of rotatable bonds is 5. The molecule has 1 aromatic carbocycles. The highest BCUT2D eigenvalue weighted by Crippen LogP contribution is 2.32. The number of aryl methyl sites for hydroxylation is 1. The van der Waals surface area contributed by atoms with Crippen molar-refractivity contribution < 1.29 is 19.6 Å². The van der Waals surface area contributed by atoms with E-state index in [1.54, 1.807) is 0 Å². The van der Waals surface area contributed by atoms with Crippen molar-refractivity contribution in [1.82, 2.24) is 9.99 Å². The lowest BCUT2D eigenvalue weighted by molar-refractivity contribution is -0.385. The van der Waals surface area contributed by atoms with Crippen LogP contribution in [-0.4, -0.2) is 33.8 Å². The first-order chi connectivity index (χ1) is 11.8. The molecule has 0 bridgehead atoms. The van der Waals surface area contributed by atoms with Crippen LogP contribution in [0.15, 0.2) is 40.4 Å². The lowest BCUT2D eigenvalue weighted by Crippen LogP contribution is -2.29. The minimum Gasteiger partial charge on any atom is -0.504 e. The second-order valence-electron chi connectivity index (χ2n) is 4.88. The molecule has 0 aliphatic rings. The minimum absolute atomic E-state index is 0.0513. The Morgan fingerprint density at radius 3 is 2.84 bits per heavy atom.